The van der Waals surface area contributed by atoms with Crippen molar-refractivity contribution in [3.63, 3.8) is 0 Å². The molecule has 1 aromatic carbocycles. The molecule has 1 unspecified atom stereocenters. The van der Waals surface area contributed by atoms with Crippen LogP contribution in [0.2, 0.25) is 0 Å². The van der Waals surface area contributed by atoms with Crippen LogP contribution in [0.4, 0.5) is 0 Å². The average molecular weight is 432 g/mol. The third-order valence-electron chi connectivity index (χ3n) is 3.01. The van der Waals surface area contributed by atoms with Crippen molar-refractivity contribution in [2.75, 3.05) is 0 Å². The van der Waals surface area contributed by atoms with Crippen molar-refractivity contribution in [3.05, 3.63) is 61.4 Å². The normalized spacial score (nSPS) is 12.4. The number of aliphatic hydroxyl groups is 1. The molecule has 0 bridgehead atoms. The molecular formula is C15H15BrINO. The number of aromatic nitrogens is 1. The van der Waals surface area contributed by atoms with E-state index in [0.29, 0.717) is 6.42 Å². The largest absolute Gasteiger partial charge is 0.388 e. The first-order valence-electron chi connectivity index (χ1n) is 6.17. The molecule has 0 aliphatic rings. The number of aryl methyl sites for hydroxylation is 1. The molecule has 1 atom stereocenters. The number of aliphatic hydroxyl groups excluding tert-OH is 1. The van der Waals surface area contributed by atoms with Gasteiger partial charge in [0, 0.05) is 26.4 Å². The van der Waals surface area contributed by atoms with E-state index in [9.17, 15) is 5.11 Å². The molecule has 0 amide bonds. The lowest BCUT2D eigenvalue weighted by atomic mass is 10.0. The highest BCUT2D eigenvalue weighted by atomic mass is 127. The monoisotopic (exact) mass is 431 g/mol. The van der Waals surface area contributed by atoms with Gasteiger partial charge in [-0.05, 0) is 64.4 Å². The molecular weight excluding hydrogens is 417 g/mol. The number of hydrogen-bond acceptors (Lipinski definition) is 2. The summed E-state index contributed by atoms with van der Waals surface area (Å²) < 4.78 is 2.05. The Labute approximate surface area is 135 Å². The summed E-state index contributed by atoms with van der Waals surface area (Å²) in [5, 5.41) is 10.3. The van der Waals surface area contributed by atoms with Crippen molar-refractivity contribution < 1.29 is 5.11 Å². The van der Waals surface area contributed by atoms with Crippen LogP contribution in [0.3, 0.4) is 0 Å². The maximum absolute atomic E-state index is 10.3. The van der Waals surface area contributed by atoms with E-state index in [1.165, 1.54) is 5.56 Å². The molecule has 1 aromatic heterocycles. The highest BCUT2D eigenvalue weighted by Crippen LogP contribution is 2.26. The van der Waals surface area contributed by atoms with Gasteiger partial charge in [0.1, 0.15) is 0 Å². The summed E-state index contributed by atoms with van der Waals surface area (Å²) in [6.07, 6.45) is 2.88. The van der Waals surface area contributed by atoms with Gasteiger partial charge in [0.25, 0.3) is 0 Å². The Bertz CT molecular complexity index is 557. The second-order valence-corrected chi connectivity index (χ2v) is 6.47. The molecule has 0 spiro atoms. The summed E-state index contributed by atoms with van der Waals surface area (Å²) in [4.78, 5) is 4.39. The number of rotatable bonds is 4. The van der Waals surface area contributed by atoms with Crippen molar-refractivity contribution in [3.8, 4) is 0 Å². The lowest BCUT2D eigenvalue weighted by Gasteiger charge is -2.13. The van der Waals surface area contributed by atoms with Crippen LogP contribution in [0.1, 0.15) is 29.8 Å². The van der Waals surface area contributed by atoms with Crippen LogP contribution in [-0.4, -0.2) is 10.1 Å². The summed E-state index contributed by atoms with van der Waals surface area (Å²) in [6, 6.07) is 10.0. The zero-order valence-corrected chi connectivity index (χ0v) is 14.3. The van der Waals surface area contributed by atoms with Gasteiger partial charge in [0.15, 0.2) is 0 Å². The summed E-state index contributed by atoms with van der Waals surface area (Å²) in [7, 11) is 0. The summed E-state index contributed by atoms with van der Waals surface area (Å²) >= 11 is 5.68. The number of nitrogens with zero attached hydrogens (tertiary/aromatic N) is 1. The molecule has 0 aliphatic heterocycles. The summed E-state index contributed by atoms with van der Waals surface area (Å²) in [5.41, 5.74) is 3.08. The van der Waals surface area contributed by atoms with E-state index in [4.69, 9.17) is 0 Å². The van der Waals surface area contributed by atoms with Crippen LogP contribution in [0.15, 0.2) is 41.0 Å². The smallest absolute Gasteiger partial charge is 0.0856 e. The number of halogens is 2. The van der Waals surface area contributed by atoms with E-state index in [1.54, 1.807) is 0 Å². The van der Waals surface area contributed by atoms with Gasteiger partial charge in [-0.3, -0.25) is 4.98 Å². The molecule has 2 aromatic rings. The fourth-order valence-corrected chi connectivity index (χ4v) is 2.94. The molecule has 100 valence electrons. The van der Waals surface area contributed by atoms with Gasteiger partial charge >= 0.3 is 0 Å². The van der Waals surface area contributed by atoms with Gasteiger partial charge in [0.2, 0.25) is 0 Å². The first-order chi connectivity index (χ1) is 9.10. The van der Waals surface area contributed by atoms with Crippen LogP contribution >= 0.6 is 38.5 Å². The van der Waals surface area contributed by atoms with Crippen molar-refractivity contribution in [1.82, 2.24) is 4.98 Å². The minimum absolute atomic E-state index is 0.524. The average Bonchev–Trinajstić information content (AvgIpc) is 2.42. The first-order valence-corrected chi connectivity index (χ1v) is 8.04. The molecule has 2 nitrogen and oxygen atoms in total. The van der Waals surface area contributed by atoms with E-state index in [1.807, 2.05) is 30.5 Å². The van der Waals surface area contributed by atoms with Gasteiger partial charge in [-0.25, -0.2) is 0 Å². The first kappa shape index (κ1) is 14.9. The van der Waals surface area contributed by atoms with Crippen molar-refractivity contribution in [1.29, 1.82) is 0 Å². The second-order valence-electron chi connectivity index (χ2n) is 4.40. The maximum atomic E-state index is 10.3. The highest BCUT2D eigenvalue weighted by molar-refractivity contribution is 14.1. The predicted molar refractivity (Wildman–Crippen MR) is 89.1 cm³/mol. The minimum Gasteiger partial charge on any atom is -0.388 e. The molecule has 2 rings (SSSR count). The highest BCUT2D eigenvalue weighted by Gasteiger charge is 2.13. The van der Waals surface area contributed by atoms with E-state index in [2.05, 4.69) is 56.5 Å². The number of benzene rings is 1. The van der Waals surface area contributed by atoms with E-state index < -0.39 is 6.10 Å². The Morgan fingerprint density at radius 3 is 2.74 bits per heavy atom. The summed E-state index contributed by atoms with van der Waals surface area (Å²) in [6.45, 7) is 2.11. The van der Waals surface area contributed by atoms with Gasteiger partial charge in [-0.1, -0.05) is 28.9 Å². The van der Waals surface area contributed by atoms with Gasteiger partial charge in [-0.15, -0.1) is 0 Å². The second kappa shape index (κ2) is 6.81. The van der Waals surface area contributed by atoms with Gasteiger partial charge in [-0.2, -0.15) is 0 Å². The lowest BCUT2D eigenvalue weighted by molar-refractivity contribution is 0.176. The van der Waals surface area contributed by atoms with Crippen molar-refractivity contribution in [2.45, 2.75) is 25.9 Å². The van der Waals surface area contributed by atoms with Crippen LogP contribution in [0, 0.1) is 3.57 Å². The quantitative estimate of drug-likeness (QED) is 0.732. The Morgan fingerprint density at radius 2 is 2.11 bits per heavy atom. The van der Waals surface area contributed by atoms with E-state index in [0.717, 1.165) is 25.7 Å². The Morgan fingerprint density at radius 1 is 1.32 bits per heavy atom. The minimum atomic E-state index is -0.524. The third-order valence-corrected chi connectivity index (χ3v) is 4.49. The van der Waals surface area contributed by atoms with E-state index in [-0.39, 0.29) is 0 Å². The van der Waals surface area contributed by atoms with Crippen LogP contribution in [0.5, 0.6) is 0 Å². The van der Waals surface area contributed by atoms with Crippen molar-refractivity contribution in [2.24, 2.45) is 0 Å². The van der Waals surface area contributed by atoms with Crippen LogP contribution < -0.4 is 0 Å². The fraction of sp³-hybridized carbons (Fsp3) is 0.267. The molecule has 0 radical (unpaired) electrons. The number of hydrogen-bond donors (Lipinski definition) is 1. The number of pyridine rings is 1. The molecule has 19 heavy (non-hydrogen) atoms. The Kier molecular flexibility index (Phi) is 5.36. The standard InChI is InChI=1S/C15H15BrINO/c1-2-10-3-5-12(18-9-10)8-15(19)13-7-11(16)4-6-14(13)17/h3-7,9,15,19H,2,8H2,1H3. The van der Waals surface area contributed by atoms with Crippen molar-refractivity contribution >= 4 is 38.5 Å². The Balaban J connectivity index is 2.15. The summed E-state index contributed by atoms with van der Waals surface area (Å²) in [5.74, 6) is 0. The Hall–Kier alpha value is -0.460. The third kappa shape index (κ3) is 4.00. The molecule has 0 saturated heterocycles. The van der Waals surface area contributed by atoms with E-state index >= 15 is 0 Å². The molecule has 1 heterocycles. The molecule has 1 N–H and O–H groups in total. The van der Waals surface area contributed by atoms with Gasteiger partial charge < -0.3 is 5.11 Å². The maximum Gasteiger partial charge on any atom is 0.0856 e. The fourth-order valence-electron chi connectivity index (χ4n) is 1.86. The van der Waals surface area contributed by atoms with Crippen LogP contribution in [-0.2, 0) is 12.8 Å². The zero-order chi connectivity index (χ0) is 13.8. The predicted octanol–water partition coefficient (Wildman–Crippen LogP) is 4.29. The SMILES string of the molecule is CCc1ccc(CC(O)c2cc(Br)ccc2I)nc1. The topological polar surface area (TPSA) is 33.1 Å². The zero-order valence-electron chi connectivity index (χ0n) is 10.6. The molecule has 4 heteroatoms. The van der Waals surface area contributed by atoms with Gasteiger partial charge in [0.05, 0.1) is 6.10 Å². The molecule has 0 aliphatic carbocycles. The molecule has 0 fully saturated rings. The van der Waals surface area contributed by atoms with Crippen LogP contribution in [0.25, 0.3) is 0 Å². The molecule has 0 saturated carbocycles. The lowest BCUT2D eigenvalue weighted by Crippen LogP contribution is -2.05.